The van der Waals surface area contributed by atoms with Crippen LogP contribution >= 0.6 is 0 Å². The monoisotopic (exact) mass is 298 g/mol. The number of nitrogens with one attached hydrogen (secondary N) is 1. The lowest BCUT2D eigenvalue weighted by molar-refractivity contribution is -0.0847. The largest absolute Gasteiger partial charge is 0.394 e. The maximum atomic E-state index is 9.35. The van der Waals surface area contributed by atoms with Crippen LogP contribution in [-0.4, -0.2) is 61.5 Å². The number of hydrogen-bond acceptors (Lipinski definition) is 4. The van der Waals surface area contributed by atoms with E-state index < -0.39 is 0 Å². The Morgan fingerprint density at radius 3 is 2.71 bits per heavy atom. The maximum Gasteiger partial charge on any atom is 0.0933 e. The molecule has 0 aromatic heterocycles. The van der Waals surface area contributed by atoms with Gasteiger partial charge in [-0.3, -0.25) is 4.90 Å². The van der Waals surface area contributed by atoms with E-state index in [9.17, 15) is 5.11 Å². The Hall–Kier alpha value is -0.160. The van der Waals surface area contributed by atoms with Crippen molar-refractivity contribution >= 4 is 0 Å². The Morgan fingerprint density at radius 1 is 1.33 bits per heavy atom. The lowest BCUT2D eigenvalue weighted by Crippen LogP contribution is -2.53. The van der Waals surface area contributed by atoms with Gasteiger partial charge in [0.15, 0.2) is 0 Å². The lowest BCUT2D eigenvalue weighted by Gasteiger charge is -2.44. The minimum Gasteiger partial charge on any atom is -0.394 e. The number of morpholine rings is 1. The molecule has 1 aliphatic carbocycles. The number of ether oxygens (including phenoxy) is 1. The molecule has 21 heavy (non-hydrogen) atoms. The zero-order valence-corrected chi connectivity index (χ0v) is 14.2. The summed E-state index contributed by atoms with van der Waals surface area (Å²) in [6.07, 6.45) is 3.99. The van der Waals surface area contributed by atoms with Crippen LogP contribution in [0.3, 0.4) is 0 Å². The molecule has 0 aromatic rings. The summed E-state index contributed by atoms with van der Waals surface area (Å²) >= 11 is 0. The molecule has 0 aromatic carbocycles. The molecule has 5 unspecified atom stereocenters. The first-order chi connectivity index (χ1) is 10.0. The van der Waals surface area contributed by atoms with Crippen LogP contribution in [0.4, 0.5) is 0 Å². The Kier molecular flexibility index (Phi) is 6.48. The highest BCUT2D eigenvalue weighted by molar-refractivity contribution is 4.89. The van der Waals surface area contributed by atoms with Crippen molar-refractivity contribution in [2.75, 3.05) is 33.4 Å². The Bertz CT molecular complexity index is 311. The first-order valence-electron chi connectivity index (χ1n) is 8.68. The van der Waals surface area contributed by atoms with Crippen molar-refractivity contribution in [1.29, 1.82) is 0 Å². The number of hydrogen-bond donors (Lipinski definition) is 2. The van der Waals surface area contributed by atoms with Gasteiger partial charge >= 0.3 is 0 Å². The molecule has 1 saturated carbocycles. The molecule has 2 aliphatic rings. The molecule has 0 amide bonds. The SMILES string of the molecule is CNC1CCC(C(C)C)CC1CN1CC(CO)OCC1C. The summed E-state index contributed by atoms with van der Waals surface area (Å²) in [6.45, 7) is 9.85. The molecule has 5 atom stereocenters. The van der Waals surface area contributed by atoms with Crippen LogP contribution in [0.5, 0.6) is 0 Å². The quantitative estimate of drug-likeness (QED) is 0.811. The van der Waals surface area contributed by atoms with E-state index in [2.05, 4.69) is 38.0 Å². The Labute approximate surface area is 130 Å². The normalized spacial score (nSPS) is 38.9. The summed E-state index contributed by atoms with van der Waals surface area (Å²) in [5.41, 5.74) is 0. The molecule has 0 spiro atoms. The van der Waals surface area contributed by atoms with Crippen molar-refractivity contribution in [2.24, 2.45) is 17.8 Å². The van der Waals surface area contributed by atoms with E-state index in [1.165, 1.54) is 19.3 Å². The van der Waals surface area contributed by atoms with Gasteiger partial charge in [0.25, 0.3) is 0 Å². The second-order valence-electron chi connectivity index (χ2n) is 7.41. The molecule has 2 N–H and O–H groups in total. The van der Waals surface area contributed by atoms with Crippen molar-refractivity contribution in [3.05, 3.63) is 0 Å². The third-order valence-electron chi connectivity index (χ3n) is 5.64. The van der Waals surface area contributed by atoms with E-state index in [-0.39, 0.29) is 12.7 Å². The van der Waals surface area contributed by atoms with Crippen molar-refractivity contribution in [2.45, 2.75) is 58.2 Å². The van der Waals surface area contributed by atoms with Crippen LogP contribution < -0.4 is 5.32 Å². The fourth-order valence-electron chi connectivity index (χ4n) is 4.03. The van der Waals surface area contributed by atoms with E-state index in [0.29, 0.717) is 12.1 Å². The molecule has 2 fully saturated rings. The number of rotatable bonds is 5. The topological polar surface area (TPSA) is 44.7 Å². The van der Waals surface area contributed by atoms with E-state index in [1.54, 1.807) is 0 Å². The highest BCUT2D eigenvalue weighted by Gasteiger charge is 2.34. The summed E-state index contributed by atoms with van der Waals surface area (Å²) in [7, 11) is 2.10. The molecular formula is C17H34N2O2. The van der Waals surface area contributed by atoms with Crippen LogP contribution in [0.25, 0.3) is 0 Å². The maximum absolute atomic E-state index is 9.35. The third-order valence-corrected chi connectivity index (χ3v) is 5.64. The molecular weight excluding hydrogens is 264 g/mol. The van der Waals surface area contributed by atoms with Crippen LogP contribution in [0, 0.1) is 17.8 Å². The number of aliphatic hydroxyl groups is 1. The van der Waals surface area contributed by atoms with Gasteiger partial charge < -0.3 is 15.2 Å². The van der Waals surface area contributed by atoms with Gasteiger partial charge in [-0.15, -0.1) is 0 Å². The fourth-order valence-corrected chi connectivity index (χ4v) is 4.03. The molecule has 1 aliphatic heterocycles. The summed E-state index contributed by atoms with van der Waals surface area (Å²) in [5, 5.41) is 12.9. The summed E-state index contributed by atoms with van der Waals surface area (Å²) in [6, 6.07) is 1.10. The molecule has 124 valence electrons. The van der Waals surface area contributed by atoms with E-state index >= 15 is 0 Å². The van der Waals surface area contributed by atoms with Crippen molar-refractivity contribution < 1.29 is 9.84 Å². The van der Waals surface area contributed by atoms with Gasteiger partial charge in [0, 0.05) is 25.2 Å². The molecule has 4 heteroatoms. The summed E-state index contributed by atoms with van der Waals surface area (Å²) in [4.78, 5) is 2.53. The number of nitrogens with zero attached hydrogens (tertiary/aromatic N) is 1. The molecule has 0 bridgehead atoms. The van der Waals surface area contributed by atoms with Gasteiger partial charge in [-0.1, -0.05) is 13.8 Å². The minimum absolute atomic E-state index is 0.00118. The smallest absolute Gasteiger partial charge is 0.0933 e. The van der Waals surface area contributed by atoms with Crippen LogP contribution in [-0.2, 0) is 4.74 Å². The van der Waals surface area contributed by atoms with Crippen molar-refractivity contribution in [3.63, 3.8) is 0 Å². The van der Waals surface area contributed by atoms with Gasteiger partial charge in [0.05, 0.1) is 19.3 Å². The third kappa shape index (κ3) is 4.41. The molecule has 4 nitrogen and oxygen atoms in total. The van der Waals surface area contributed by atoms with Gasteiger partial charge in [0.2, 0.25) is 0 Å². The highest BCUT2D eigenvalue weighted by Crippen LogP contribution is 2.34. The summed E-state index contributed by atoms with van der Waals surface area (Å²) in [5.74, 6) is 2.37. The minimum atomic E-state index is -0.00118. The zero-order chi connectivity index (χ0) is 15.4. The first kappa shape index (κ1) is 17.2. The standard InChI is InChI=1S/C17H34N2O2/c1-12(2)14-5-6-17(18-4)15(7-14)8-19-9-16(10-20)21-11-13(19)3/h12-18,20H,5-11H2,1-4H3. The zero-order valence-electron chi connectivity index (χ0n) is 14.2. The van der Waals surface area contributed by atoms with Crippen molar-refractivity contribution in [1.82, 2.24) is 10.2 Å². The average Bonchev–Trinajstić information content (AvgIpc) is 2.49. The number of aliphatic hydroxyl groups excluding tert-OH is 1. The predicted octanol–water partition coefficient (Wildman–Crippen LogP) is 1.73. The van der Waals surface area contributed by atoms with Gasteiger partial charge in [-0.05, 0) is 51.0 Å². The fraction of sp³-hybridized carbons (Fsp3) is 1.00. The van der Waals surface area contributed by atoms with Crippen molar-refractivity contribution in [3.8, 4) is 0 Å². The highest BCUT2D eigenvalue weighted by atomic mass is 16.5. The Balaban J connectivity index is 1.96. The van der Waals surface area contributed by atoms with Gasteiger partial charge in [-0.2, -0.15) is 0 Å². The van der Waals surface area contributed by atoms with Gasteiger partial charge in [-0.25, -0.2) is 0 Å². The van der Waals surface area contributed by atoms with Crippen LogP contribution in [0.2, 0.25) is 0 Å². The van der Waals surface area contributed by atoms with E-state index in [1.807, 2.05) is 0 Å². The molecule has 0 radical (unpaired) electrons. The Morgan fingerprint density at radius 2 is 2.10 bits per heavy atom. The van der Waals surface area contributed by atoms with E-state index in [4.69, 9.17) is 4.74 Å². The average molecular weight is 298 g/mol. The van der Waals surface area contributed by atoms with E-state index in [0.717, 1.165) is 37.5 Å². The predicted molar refractivity (Wildman–Crippen MR) is 86.4 cm³/mol. The summed E-state index contributed by atoms with van der Waals surface area (Å²) < 4.78 is 5.66. The molecule has 1 heterocycles. The second kappa shape index (κ2) is 7.91. The molecule has 2 rings (SSSR count). The van der Waals surface area contributed by atoms with Gasteiger partial charge in [0.1, 0.15) is 0 Å². The lowest BCUT2D eigenvalue weighted by atomic mass is 9.73. The van der Waals surface area contributed by atoms with Crippen LogP contribution in [0.15, 0.2) is 0 Å². The molecule has 1 saturated heterocycles. The second-order valence-corrected chi connectivity index (χ2v) is 7.41. The van der Waals surface area contributed by atoms with Crippen LogP contribution in [0.1, 0.15) is 40.0 Å². The first-order valence-corrected chi connectivity index (χ1v) is 8.68.